The van der Waals surface area contributed by atoms with Crippen molar-refractivity contribution in [3.05, 3.63) is 35.6 Å². The van der Waals surface area contributed by atoms with Crippen molar-refractivity contribution in [3.8, 4) is 0 Å². The summed E-state index contributed by atoms with van der Waals surface area (Å²) in [6.07, 6.45) is 2.41. The fourth-order valence-corrected chi connectivity index (χ4v) is 4.62. The number of ether oxygens (including phenoxy) is 1. The van der Waals surface area contributed by atoms with E-state index in [9.17, 15) is 9.18 Å². The molecule has 27 heavy (non-hydrogen) atoms. The number of anilines is 1. The molecule has 1 aliphatic heterocycles. The molecule has 3 rings (SSSR count). The van der Waals surface area contributed by atoms with Gasteiger partial charge in [-0.1, -0.05) is 35.2 Å². The van der Waals surface area contributed by atoms with Crippen LogP contribution in [0.15, 0.2) is 28.6 Å². The zero-order valence-electron chi connectivity index (χ0n) is 15.3. The van der Waals surface area contributed by atoms with Gasteiger partial charge < -0.3 is 15.4 Å². The van der Waals surface area contributed by atoms with E-state index in [1.165, 1.54) is 35.2 Å². The number of amides is 1. The molecule has 2 heterocycles. The van der Waals surface area contributed by atoms with Crippen LogP contribution in [0.5, 0.6) is 0 Å². The van der Waals surface area contributed by atoms with Crippen LogP contribution in [0.4, 0.5) is 9.52 Å². The van der Waals surface area contributed by atoms with E-state index in [0.717, 1.165) is 41.0 Å². The number of carbonyl (C=O) groups is 1. The third-order valence-electron chi connectivity index (χ3n) is 4.29. The highest BCUT2D eigenvalue weighted by atomic mass is 32.2. The summed E-state index contributed by atoms with van der Waals surface area (Å²) in [4.78, 5) is 12.4. The SMILES string of the molecule is C[C@H](Sc1nnc(NC[C@H]2CCCO2)s1)C(=O)N[C@@H](C)c1ccc(F)cc1. The highest BCUT2D eigenvalue weighted by Crippen LogP contribution is 2.29. The lowest BCUT2D eigenvalue weighted by molar-refractivity contribution is -0.120. The molecule has 1 saturated heterocycles. The van der Waals surface area contributed by atoms with Gasteiger partial charge in [0.05, 0.1) is 17.4 Å². The summed E-state index contributed by atoms with van der Waals surface area (Å²) in [7, 11) is 0. The highest BCUT2D eigenvalue weighted by molar-refractivity contribution is 8.02. The predicted molar refractivity (Wildman–Crippen MR) is 106 cm³/mol. The maximum atomic E-state index is 13.0. The van der Waals surface area contributed by atoms with Crippen molar-refractivity contribution in [3.63, 3.8) is 0 Å². The van der Waals surface area contributed by atoms with Gasteiger partial charge in [0.25, 0.3) is 0 Å². The van der Waals surface area contributed by atoms with Gasteiger partial charge in [-0.05, 0) is 44.4 Å². The average molecular weight is 411 g/mol. The molecule has 3 atom stereocenters. The summed E-state index contributed by atoms with van der Waals surface area (Å²) in [5, 5.41) is 14.9. The van der Waals surface area contributed by atoms with E-state index < -0.39 is 0 Å². The maximum Gasteiger partial charge on any atom is 0.233 e. The number of carbonyl (C=O) groups excluding carboxylic acids is 1. The number of hydrogen-bond acceptors (Lipinski definition) is 7. The Morgan fingerprint density at radius 1 is 1.37 bits per heavy atom. The Hall–Kier alpha value is -1.71. The molecule has 1 aromatic carbocycles. The molecule has 9 heteroatoms. The van der Waals surface area contributed by atoms with Crippen LogP contribution in [0.2, 0.25) is 0 Å². The number of rotatable bonds is 8. The molecule has 1 aliphatic rings. The van der Waals surface area contributed by atoms with Gasteiger partial charge in [-0.15, -0.1) is 10.2 Å². The Bertz CT molecular complexity index is 750. The zero-order chi connectivity index (χ0) is 19.2. The van der Waals surface area contributed by atoms with Crippen LogP contribution in [-0.4, -0.2) is 40.6 Å². The summed E-state index contributed by atoms with van der Waals surface area (Å²) < 4.78 is 19.3. The molecule has 6 nitrogen and oxygen atoms in total. The number of thioether (sulfide) groups is 1. The minimum Gasteiger partial charge on any atom is -0.376 e. The second kappa shape index (κ2) is 9.48. The molecule has 0 saturated carbocycles. The first-order valence-electron chi connectivity index (χ1n) is 8.92. The highest BCUT2D eigenvalue weighted by Gasteiger charge is 2.20. The number of hydrogen-bond donors (Lipinski definition) is 2. The first-order chi connectivity index (χ1) is 13.0. The number of aromatic nitrogens is 2. The fourth-order valence-electron chi connectivity index (χ4n) is 2.71. The average Bonchev–Trinajstić information content (AvgIpc) is 3.32. The summed E-state index contributed by atoms with van der Waals surface area (Å²) >= 11 is 2.80. The van der Waals surface area contributed by atoms with Crippen molar-refractivity contribution in [1.82, 2.24) is 15.5 Å². The van der Waals surface area contributed by atoms with Crippen molar-refractivity contribution < 1.29 is 13.9 Å². The smallest absolute Gasteiger partial charge is 0.233 e. The fraction of sp³-hybridized carbons (Fsp3) is 0.500. The summed E-state index contributed by atoms with van der Waals surface area (Å²) in [5.41, 5.74) is 0.860. The number of benzene rings is 1. The molecule has 0 aliphatic carbocycles. The van der Waals surface area contributed by atoms with Crippen LogP contribution < -0.4 is 10.6 Å². The Kier molecular flexibility index (Phi) is 7.03. The Morgan fingerprint density at radius 3 is 2.85 bits per heavy atom. The lowest BCUT2D eigenvalue weighted by Gasteiger charge is -2.17. The van der Waals surface area contributed by atoms with Gasteiger partial charge in [0.1, 0.15) is 5.82 Å². The predicted octanol–water partition coefficient (Wildman–Crippen LogP) is 3.63. The summed E-state index contributed by atoms with van der Waals surface area (Å²) in [6, 6.07) is 5.94. The second-order valence-corrected chi connectivity index (χ2v) is 9.00. The van der Waals surface area contributed by atoms with Gasteiger partial charge in [0.2, 0.25) is 11.0 Å². The molecule has 0 unspecified atom stereocenters. The van der Waals surface area contributed by atoms with E-state index in [2.05, 4.69) is 20.8 Å². The normalized spacial score (nSPS) is 18.9. The monoisotopic (exact) mass is 410 g/mol. The second-order valence-electron chi connectivity index (χ2n) is 6.43. The molecule has 1 fully saturated rings. The van der Waals surface area contributed by atoms with Gasteiger partial charge in [-0.3, -0.25) is 4.79 Å². The van der Waals surface area contributed by atoms with Gasteiger partial charge in [-0.25, -0.2) is 4.39 Å². The molecule has 146 valence electrons. The third-order valence-corrected chi connectivity index (χ3v) is 6.35. The van der Waals surface area contributed by atoms with Gasteiger partial charge in [-0.2, -0.15) is 0 Å². The lowest BCUT2D eigenvalue weighted by Crippen LogP contribution is -2.33. The number of nitrogens with one attached hydrogen (secondary N) is 2. The van der Waals surface area contributed by atoms with E-state index >= 15 is 0 Å². The van der Waals surface area contributed by atoms with E-state index in [4.69, 9.17) is 4.74 Å². The molecule has 1 aromatic heterocycles. The van der Waals surface area contributed by atoms with E-state index in [0.29, 0.717) is 0 Å². The van der Waals surface area contributed by atoms with Crippen LogP contribution in [0.3, 0.4) is 0 Å². The van der Waals surface area contributed by atoms with Gasteiger partial charge in [0.15, 0.2) is 4.34 Å². The molecular formula is C18H23FN4O2S2. The molecule has 2 N–H and O–H groups in total. The molecular weight excluding hydrogens is 387 g/mol. The maximum absolute atomic E-state index is 13.0. The summed E-state index contributed by atoms with van der Waals surface area (Å²) in [5.74, 6) is -0.387. The quantitative estimate of drug-likeness (QED) is 0.648. The van der Waals surface area contributed by atoms with Crippen molar-refractivity contribution in [2.45, 2.75) is 48.4 Å². The standard InChI is InChI=1S/C18H23FN4O2S2/c1-11(13-5-7-14(19)8-6-13)21-16(24)12(2)26-18-23-22-17(27-18)20-10-15-4-3-9-25-15/h5-8,11-12,15H,3-4,9-10H2,1-2H3,(H,20,22)(H,21,24)/t11-,12-,15+/m0/s1. The molecule has 0 bridgehead atoms. The zero-order valence-corrected chi connectivity index (χ0v) is 16.9. The van der Waals surface area contributed by atoms with Crippen LogP contribution in [0.25, 0.3) is 0 Å². The van der Waals surface area contributed by atoms with Crippen LogP contribution in [-0.2, 0) is 9.53 Å². The van der Waals surface area contributed by atoms with Crippen molar-refractivity contribution in [2.75, 3.05) is 18.5 Å². The first kappa shape index (κ1) is 20.0. The van der Waals surface area contributed by atoms with Crippen molar-refractivity contribution in [2.24, 2.45) is 0 Å². The van der Waals surface area contributed by atoms with E-state index in [-0.39, 0.29) is 29.1 Å². The Labute approximate surface area is 166 Å². The Balaban J connectivity index is 1.46. The lowest BCUT2D eigenvalue weighted by atomic mass is 10.1. The van der Waals surface area contributed by atoms with E-state index in [1.807, 2.05) is 13.8 Å². The molecule has 2 aromatic rings. The topological polar surface area (TPSA) is 76.1 Å². The summed E-state index contributed by atoms with van der Waals surface area (Å²) in [6.45, 7) is 5.26. The molecule has 1 amide bonds. The first-order valence-corrected chi connectivity index (χ1v) is 10.6. The van der Waals surface area contributed by atoms with Crippen LogP contribution >= 0.6 is 23.1 Å². The van der Waals surface area contributed by atoms with Gasteiger partial charge in [0, 0.05) is 13.2 Å². The van der Waals surface area contributed by atoms with E-state index in [1.54, 1.807) is 12.1 Å². The van der Waals surface area contributed by atoms with Crippen molar-refractivity contribution in [1.29, 1.82) is 0 Å². The Morgan fingerprint density at radius 2 is 2.15 bits per heavy atom. The minimum atomic E-state index is -0.313. The van der Waals surface area contributed by atoms with Gasteiger partial charge >= 0.3 is 0 Å². The minimum absolute atomic E-state index is 0.0964. The molecule has 0 spiro atoms. The molecule has 0 radical (unpaired) electrons. The van der Waals surface area contributed by atoms with Crippen LogP contribution in [0, 0.1) is 5.82 Å². The number of nitrogens with zero attached hydrogens (tertiary/aromatic N) is 2. The van der Waals surface area contributed by atoms with Crippen molar-refractivity contribution >= 4 is 34.1 Å². The van der Waals surface area contributed by atoms with Crippen LogP contribution in [0.1, 0.15) is 38.3 Å². The third kappa shape index (κ3) is 5.88. The number of halogens is 1. The largest absolute Gasteiger partial charge is 0.376 e.